The Bertz CT molecular complexity index is 678. The highest BCUT2D eigenvalue weighted by Gasteiger charge is 2.25. The Morgan fingerprint density at radius 1 is 1.48 bits per heavy atom. The largest absolute Gasteiger partial charge is 0.374 e. The molecule has 0 bridgehead atoms. The van der Waals surface area contributed by atoms with Crippen molar-refractivity contribution >= 4 is 17.5 Å². The van der Waals surface area contributed by atoms with Gasteiger partial charge in [-0.05, 0) is 30.7 Å². The molecular formula is C16H17ClFN3O2. The molecule has 2 heterocycles. The Labute approximate surface area is 138 Å². The van der Waals surface area contributed by atoms with Crippen LogP contribution in [-0.4, -0.2) is 46.4 Å². The van der Waals surface area contributed by atoms with Gasteiger partial charge in [0.05, 0.1) is 18.2 Å². The molecule has 1 fully saturated rings. The van der Waals surface area contributed by atoms with Crippen molar-refractivity contribution in [3.8, 4) is 0 Å². The van der Waals surface area contributed by atoms with Crippen LogP contribution in [0.2, 0.25) is 5.02 Å². The molecule has 0 radical (unpaired) electrons. The van der Waals surface area contributed by atoms with Gasteiger partial charge in [0.15, 0.2) is 0 Å². The number of carbonyl (C=O) groups excluding carboxylic acids is 1. The van der Waals surface area contributed by atoms with Crippen molar-refractivity contribution < 1.29 is 13.9 Å². The standard InChI is InChI=1S/C16H17ClFN3O2/c17-12-3-4-14(15(18)9-12)16(22)20-6-2-8-23-13(10-20)11-21-7-1-5-19-21/h1,3-5,7,9,13H,2,6,8,10-11H2/t13-/m0/s1. The van der Waals surface area contributed by atoms with E-state index < -0.39 is 5.82 Å². The second-order valence-electron chi connectivity index (χ2n) is 5.45. The first-order valence-corrected chi connectivity index (χ1v) is 7.84. The number of amides is 1. The van der Waals surface area contributed by atoms with Crippen LogP contribution in [0.25, 0.3) is 0 Å². The smallest absolute Gasteiger partial charge is 0.256 e. The highest BCUT2D eigenvalue weighted by atomic mass is 35.5. The van der Waals surface area contributed by atoms with E-state index in [9.17, 15) is 9.18 Å². The number of aromatic nitrogens is 2. The minimum absolute atomic E-state index is 0.0362. The zero-order valence-corrected chi connectivity index (χ0v) is 13.2. The molecule has 1 atom stereocenters. The summed E-state index contributed by atoms with van der Waals surface area (Å²) in [6.45, 7) is 2.07. The van der Waals surface area contributed by atoms with Crippen LogP contribution >= 0.6 is 11.6 Å². The molecule has 0 saturated carbocycles. The van der Waals surface area contributed by atoms with Crippen LogP contribution in [0.15, 0.2) is 36.7 Å². The van der Waals surface area contributed by atoms with Crippen molar-refractivity contribution in [1.29, 1.82) is 0 Å². The molecule has 1 aromatic heterocycles. The first kappa shape index (κ1) is 16.0. The van der Waals surface area contributed by atoms with Crippen LogP contribution in [0.4, 0.5) is 4.39 Å². The molecule has 0 N–H and O–H groups in total. The molecule has 1 saturated heterocycles. The van der Waals surface area contributed by atoms with E-state index in [1.54, 1.807) is 15.8 Å². The molecule has 2 aromatic rings. The molecule has 7 heteroatoms. The van der Waals surface area contributed by atoms with E-state index in [0.29, 0.717) is 26.2 Å². The van der Waals surface area contributed by atoms with E-state index in [1.165, 1.54) is 12.1 Å². The van der Waals surface area contributed by atoms with Gasteiger partial charge in [-0.15, -0.1) is 0 Å². The highest BCUT2D eigenvalue weighted by molar-refractivity contribution is 6.30. The van der Waals surface area contributed by atoms with Gasteiger partial charge in [-0.25, -0.2) is 4.39 Å². The summed E-state index contributed by atoms with van der Waals surface area (Å²) in [7, 11) is 0. The molecule has 0 unspecified atom stereocenters. The second kappa shape index (κ2) is 7.10. The average Bonchev–Trinajstić information content (AvgIpc) is 2.91. The summed E-state index contributed by atoms with van der Waals surface area (Å²) in [6, 6.07) is 5.94. The van der Waals surface area contributed by atoms with E-state index in [2.05, 4.69) is 5.10 Å². The van der Waals surface area contributed by atoms with Gasteiger partial charge < -0.3 is 9.64 Å². The van der Waals surface area contributed by atoms with E-state index >= 15 is 0 Å². The van der Waals surface area contributed by atoms with Gasteiger partial charge in [-0.2, -0.15) is 5.10 Å². The quantitative estimate of drug-likeness (QED) is 0.865. The number of hydrogen-bond donors (Lipinski definition) is 0. The fourth-order valence-electron chi connectivity index (χ4n) is 2.64. The van der Waals surface area contributed by atoms with Crippen molar-refractivity contribution in [3.63, 3.8) is 0 Å². The summed E-state index contributed by atoms with van der Waals surface area (Å²) in [5.74, 6) is -0.938. The molecule has 1 aliphatic heterocycles. The van der Waals surface area contributed by atoms with Crippen LogP contribution in [0.3, 0.4) is 0 Å². The summed E-state index contributed by atoms with van der Waals surface area (Å²) in [4.78, 5) is 14.2. The predicted molar refractivity (Wildman–Crippen MR) is 83.9 cm³/mol. The Morgan fingerprint density at radius 3 is 3.09 bits per heavy atom. The summed E-state index contributed by atoms with van der Waals surface area (Å²) < 4.78 is 21.5. The molecule has 0 aliphatic carbocycles. The van der Waals surface area contributed by atoms with Gasteiger partial charge in [0, 0.05) is 37.1 Å². The Hall–Kier alpha value is -1.92. The lowest BCUT2D eigenvalue weighted by atomic mass is 10.1. The minimum atomic E-state index is -0.601. The van der Waals surface area contributed by atoms with Crippen molar-refractivity contribution in [2.45, 2.75) is 19.1 Å². The fourth-order valence-corrected chi connectivity index (χ4v) is 2.80. The second-order valence-corrected chi connectivity index (χ2v) is 5.89. The molecule has 5 nitrogen and oxygen atoms in total. The summed E-state index contributed by atoms with van der Waals surface area (Å²) in [5.41, 5.74) is 0.0362. The Morgan fingerprint density at radius 2 is 2.35 bits per heavy atom. The van der Waals surface area contributed by atoms with Gasteiger partial charge in [-0.1, -0.05) is 11.6 Å². The maximum atomic E-state index is 14.0. The number of rotatable bonds is 3. The number of carbonyl (C=O) groups is 1. The normalized spacial score (nSPS) is 18.7. The lowest BCUT2D eigenvalue weighted by molar-refractivity contribution is 0.0366. The first-order chi connectivity index (χ1) is 11.1. The maximum absolute atomic E-state index is 14.0. The average molecular weight is 338 g/mol. The zero-order valence-electron chi connectivity index (χ0n) is 12.5. The molecule has 1 amide bonds. The van der Waals surface area contributed by atoms with Crippen LogP contribution in [0, 0.1) is 5.82 Å². The van der Waals surface area contributed by atoms with Gasteiger partial charge >= 0.3 is 0 Å². The van der Waals surface area contributed by atoms with Crippen molar-refractivity contribution in [3.05, 3.63) is 53.1 Å². The molecule has 0 spiro atoms. The van der Waals surface area contributed by atoms with Crippen molar-refractivity contribution in [1.82, 2.24) is 14.7 Å². The molecule has 3 rings (SSSR count). The van der Waals surface area contributed by atoms with Crippen LogP contribution in [0.1, 0.15) is 16.8 Å². The number of benzene rings is 1. The zero-order chi connectivity index (χ0) is 16.2. The van der Waals surface area contributed by atoms with Gasteiger partial charge in [0.1, 0.15) is 5.82 Å². The third-order valence-electron chi connectivity index (χ3n) is 3.75. The molecule has 23 heavy (non-hydrogen) atoms. The van der Waals surface area contributed by atoms with E-state index in [-0.39, 0.29) is 22.6 Å². The predicted octanol–water partition coefficient (Wildman–Crippen LogP) is 2.61. The first-order valence-electron chi connectivity index (χ1n) is 7.47. The van der Waals surface area contributed by atoms with E-state index in [1.807, 2.05) is 12.3 Å². The topological polar surface area (TPSA) is 47.4 Å². The van der Waals surface area contributed by atoms with Crippen LogP contribution in [-0.2, 0) is 11.3 Å². The highest BCUT2D eigenvalue weighted by Crippen LogP contribution is 2.18. The lowest BCUT2D eigenvalue weighted by Gasteiger charge is -2.24. The maximum Gasteiger partial charge on any atom is 0.256 e. The van der Waals surface area contributed by atoms with Gasteiger partial charge in [-0.3, -0.25) is 9.48 Å². The van der Waals surface area contributed by atoms with E-state index in [0.717, 1.165) is 12.5 Å². The van der Waals surface area contributed by atoms with E-state index in [4.69, 9.17) is 16.3 Å². The minimum Gasteiger partial charge on any atom is -0.374 e. The lowest BCUT2D eigenvalue weighted by Crippen LogP contribution is -2.38. The van der Waals surface area contributed by atoms with Crippen molar-refractivity contribution in [2.24, 2.45) is 0 Å². The fraction of sp³-hybridized carbons (Fsp3) is 0.375. The SMILES string of the molecule is O=C(c1ccc(Cl)cc1F)N1CCCO[C@H](Cn2cccn2)C1. The summed E-state index contributed by atoms with van der Waals surface area (Å²) in [6.07, 6.45) is 4.09. The van der Waals surface area contributed by atoms with Gasteiger partial charge in [0.2, 0.25) is 0 Å². The monoisotopic (exact) mass is 337 g/mol. The third-order valence-corrected chi connectivity index (χ3v) is 3.98. The summed E-state index contributed by atoms with van der Waals surface area (Å²) in [5, 5.41) is 4.42. The Balaban J connectivity index is 1.73. The number of ether oxygens (including phenoxy) is 1. The molecular weight excluding hydrogens is 321 g/mol. The number of halogens is 2. The third kappa shape index (κ3) is 3.89. The van der Waals surface area contributed by atoms with Gasteiger partial charge in [0.25, 0.3) is 5.91 Å². The number of hydrogen-bond acceptors (Lipinski definition) is 3. The number of nitrogens with zero attached hydrogens (tertiary/aromatic N) is 3. The van der Waals surface area contributed by atoms with Crippen molar-refractivity contribution in [2.75, 3.05) is 19.7 Å². The summed E-state index contributed by atoms with van der Waals surface area (Å²) >= 11 is 5.74. The molecule has 1 aliphatic rings. The van der Waals surface area contributed by atoms with Crippen LogP contribution < -0.4 is 0 Å². The molecule has 1 aromatic carbocycles. The Kier molecular flexibility index (Phi) is 4.93. The molecule has 122 valence electrons. The van der Waals surface area contributed by atoms with Crippen LogP contribution in [0.5, 0.6) is 0 Å².